The molecule has 0 aromatic carbocycles. The highest BCUT2D eigenvalue weighted by Gasteiger charge is 2.42. The largest absolute Gasteiger partial charge is 0.444 e. The Labute approximate surface area is 149 Å². The number of aromatic nitrogens is 1. The Balaban J connectivity index is 1.91. The summed E-state index contributed by atoms with van der Waals surface area (Å²) in [4.78, 5) is 28.1. The minimum atomic E-state index is -0.545. The lowest BCUT2D eigenvalue weighted by Crippen LogP contribution is -2.55. The maximum atomic E-state index is 12.3. The number of nitrogens with zero attached hydrogens (tertiary/aromatic N) is 1. The van der Waals surface area contributed by atoms with Gasteiger partial charge in [0.15, 0.2) is 0 Å². The summed E-state index contributed by atoms with van der Waals surface area (Å²) in [7, 11) is 0. The van der Waals surface area contributed by atoms with E-state index < -0.39 is 17.2 Å². The molecular weight excluding hydrogens is 318 g/mol. The Hall–Kier alpha value is -2.37. The van der Waals surface area contributed by atoms with Crippen LogP contribution in [-0.2, 0) is 9.53 Å². The van der Waals surface area contributed by atoms with Gasteiger partial charge >= 0.3 is 6.09 Å². The van der Waals surface area contributed by atoms with E-state index >= 15 is 0 Å². The fraction of sp³-hybridized carbons (Fsp3) is 0.526. The molecule has 0 saturated heterocycles. The van der Waals surface area contributed by atoms with Crippen molar-refractivity contribution in [3.05, 3.63) is 36.2 Å². The third-order valence-electron chi connectivity index (χ3n) is 4.02. The standard InChI is InChI=1S/C19H27N3O3/c1-18(2,3)25-17(24)21-13-19(4,15-6-7-15)22-16(23)8-5-14-9-11-20-12-10-14/h5,8-12,15H,6-7,13H2,1-4H3,(H,21,24)(H,22,23)/b8-5+. The van der Waals surface area contributed by atoms with Crippen molar-refractivity contribution in [2.24, 2.45) is 5.92 Å². The molecule has 1 unspecified atom stereocenters. The highest BCUT2D eigenvalue weighted by Crippen LogP contribution is 2.39. The highest BCUT2D eigenvalue weighted by molar-refractivity contribution is 5.92. The summed E-state index contributed by atoms with van der Waals surface area (Å²) in [5, 5.41) is 5.80. The van der Waals surface area contributed by atoms with Crippen molar-refractivity contribution < 1.29 is 14.3 Å². The first-order valence-electron chi connectivity index (χ1n) is 8.55. The molecule has 1 saturated carbocycles. The number of carbonyl (C=O) groups is 2. The topological polar surface area (TPSA) is 80.3 Å². The summed E-state index contributed by atoms with van der Waals surface area (Å²) < 4.78 is 5.26. The van der Waals surface area contributed by atoms with Crippen LogP contribution in [0.3, 0.4) is 0 Å². The van der Waals surface area contributed by atoms with Gasteiger partial charge in [0.1, 0.15) is 5.60 Å². The molecule has 1 heterocycles. The van der Waals surface area contributed by atoms with E-state index in [9.17, 15) is 9.59 Å². The Kier molecular flexibility index (Phi) is 5.82. The van der Waals surface area contributed by atoms with E-state index in [1.165, 1.54) is 6.08 Å². The van der Waals surface area contributed by atoms with Crippen LogP contribution in [0.5, 0.6) is 0 Å². The SMILES string of the molecule is CC(C)(C)OC(=O)NCC(C)(NC(=O)/C=C/c1ccncc1)C1CC1. The second-order valence-corrected chi connectivity index (χ2v) is 7.65. The van der Waals surface area contributed by atoms with E-state index in [1.54, 1.807) is 18.5 Å². The molecule has 1 aliphatic carbocycles. The molecule has 0 radical (unpaired) electrons. The molecule has 1 aromatic rings. The Morgan fingerprint density at radius 1 is 1.24 bits per heavy atom. The van der Waals surface area contributed by atoms with Crippen molar-refractivity contribution in [3.8, 4) is 0 Å². The van der Waals surface area contributed by atoms with Gasteiger partial charge in [-0.3, -0.25) is 9.78 Å². The number of hydrogen-bond donors (Lipinski definition) is 2. The molecule has 6 heteroatoms. The lowest BCUT2D eigenvalue weighted by atomic mass is 9.95. The summed E-state index contributed by atoms with van der Waals surface area (Å²) in [6, 6.07) is 3.65. The van der Waals surface area contributed by atoms with Crippen molar-refractivity contribution in [2.75, 3.05) is 6.54 Å². The van der Waals surface area contributed by atoms with Gasteiger partial charge in [-0.05, 0) is 70.2 Å². The quantitative estimate of drug-likeness (QED) is 0.777. The van der Waals surface area contributed by atoms with E-state index in [4.69, 9.17) is 4.74 Å². The molecule has 1 aromatic heterocycles. The van der Waals surface area contributed by atoms with E-state index in [1.807, 2.05) is 39.8 Å². The van der Waals surface area contributed by atoms with E-state index in [2.05, 4.69) is 15.6 Å². The highest BCUT2D eigenvalue weighted by atomic mass is 16.6. The maximum absolute atomic E-state index is 12.3. The van der Waals surface area contributed by atoms with Crippen LogP contribution in [-0.4, -0.2) is 34.7 Å². The van der Waals surface area contributed by atoms with Crippen LogP contribution in [0.25, 0.3) is 6.08 Å². The number of rotatable bonds is 6. The van der Waals surface area contributed by atoms with Gasteiger partial charge in [0.25, 0.3) is 0 Å². The van der Waals surface area contributed by atoms with Crippen LogP contribution in [0.15, 0.2) is 30.6 Å². The number of alkyl carbamates (subject to hydrolysis) is 1. The Morgan fingerprint density at radius 3 is 2.44 bits per heavy atom. The fourth-order valence-electron chi connectivity index (χ4n) is 2.55. The predicted octanol–water partition coefficient (Wildman–Crippen LogP) is 2.90. The zero-order valence-electron chi connectivity index (χ0n) is 15.3. The monoisotopic (exact) mass is 345 g/mol. The summed E-state index contributed by atoms with van der Waals surface area (Å²) in [6.45, 7) is 7.75. The smallest absolute Gasteiger partial charge is 0.407 e. The third kappa shape index (κ3) is 6.57. The molecule has 2 amide bonds. The molecule has 136 valence electrons. The summed E-state index contributed by atoms with van der Waals surface area (Å²) in [5.41, 5.74) is -0.127. The molecule has 6 nitrogen and oxygen atoms in total. The van der Waals surface area contributed by atoms with Gasteiger partial charge in [-0.2, -0.15) is 0 Å². The molecule has 2 N–H and O–H groups in total. The minimum Gasteiger partial charge on any atom is -0.444 e. The van der Waals surface area contributed by atoms with Crippen molar-refractivity contribution in [1.29, 1.82) is 0 Å². The molecule has 25 heavy (non-hydrogen) atoms. The number of ether oxygens (including phenoxy) is 1. The summed E-state index contributed by atoms with van der Waals surface area (Å²) in [5.74, 6) is 0.179. The van der Waals surface area contributed by atoms with Crippen molar-refractivity contribution in [3.63, 3.8) is 0 Å². The molecule has 1 fully saturated rings. The first kappa shape index (κ1) is 19.0. The molecule has 1 aliphatic rings. The third-order valence-corrected chi connectivity index (χ3v) is 4.02. The van der Waals surface area contributed by atoms with Crippen molar-refractivity contribution in [1.82, 2.24) is 15.6 Å². The minimum absolute atomic E-state index is 0.183. The van der Waals surface area contributed by atoms with Crippen LogP contribution in [0.4, 0.5) is 4.79 Å². The fourth-order valence-corrected chi connectivity index (χ4v) is 2.55. The van der Waals surface area contributed by atoms with Crippen LogP contribution in [0.1, 0.15) is 46.1 Å². The summed E-state index contributed by atoms with van der Waals surface area (Å²) in [6.07, 6.45) is 8.21. The molecular formula is C19H27N3O3. The lowest BCUT2D eigenvalue weighted by molar-refractivity contribution is -0.118. The average Bonchev–Trinajstić information content (AvgIpc) is 3.36. The van der Waals surface area contributed by atoms with Gasteiger partial charge in [0.05, 0.1) is 5.54 Å². The average molecular weight is 345 g/mol. The molecule has 2 rings (SSSR count). The van der Waals surface area contributed by atoms with Crippen molar-refractivity contribution in [2.45, 2.75) is 51.7 Å². The lowest BCUT2D eigenvalue weighted by Gasteiger charge is -2.31. The predicted molar refractivity (Wildman–Crippen MR) is 96.8 cm³/mol. The number of carbonyl (C=O) groups excluding carboxylic acids is 2. The van der Waals surface area contributed by atoms with Crippen molar-refractivity contribution >= 4 is 18.1 Å². The number of pyridine rings is 1. The van der Waals surface area contributed by atoms with Crippen LogP contribution < -0.4 is 10.6 Å². The number of hydrogen-bond acceptors (Lipinski definition) is 4. The van der Waals surface area contributed by atoms with Crippen LogP contribution in [0, 0.1) is 5.92 Å². The van der Waals surface area contributed by atoms with Gasteiger partial charge in [-0.25, -0.2) is 4.79 Å². The van der Waals surface area contributed by atoms with Crippen LogP contribution >= 0.6 is 0 Å². The normalized spacial score (nSPS) is 17.0. The zero-order chi connectivity index (χ0) is 18.5. The Bertz CT molecular complexity index is 633. The molecule has 0 aliphatic heterocycles. The maximum Gasteiger partial charge on any atom is 0.407 e. The van der Waals surface area contributed by atoms with E-state index in [0.717, 1.165) is 18.4 Å². The van der Waals surface area contributed by atoms with Gasteiger partial charge in [0, 0.05) is 25.0 Å². The van der Waals surface area contributed by atoms with Gasteiger partial charge < -0.3 is 15.4 Å². The van der Waals surface area contributed by atoms with Gasteiger partial charge in [0.2, 0.25) is 5.91 Å². The van der Waals surface area contributed by atoms with E-state index in [-0.39, 0.29) is 5.91 Å². The summed E-state index contributed by atoms with van der Waals surface area (Å²) >= 11 is 0. The number of amides is 2. The first-order valence-corrected chi connectivity index (χ1v) is 8.55. The van der Waals surface area contributed by atoms with Gasteiger partial charge in [-0.1, -0.05) is 0 Å². The second kappa shape index (κ2) is 7.68. The molecule has 1 atom stereocenters. The van der Waals surface area contributed by atoms with Gasteiger partial charge in [-0.15, -0.1) is 0 Å². The Morgan fingerprint density at radius 2 is 1.88 bits per heavy atom. The first-order chi connectivity index (χ1) is 11.7. The van der Waals surface area contributed by atoms with E-state index in [0.29, 0.717) is 12.5 Å². The number of nitrogens with one attached hydrogen (secondary N) is 2. The van der Waals surface area contributed by atoms with Crippen LogP contribution in [0.2, 0.25) is 0 Å². The molecule has 0 bridgehead atoms. The second-order valence-electron chi connectivity index (χ2n) is 7.65. The zero-order valence-corrected chi connectivity index (χ0v) is 15.3. The molecule has 0 spiro atoms.